The lowest BCUT2D eigenvalue weighted by Gasteiger charge is -2.06. The number of aromatic amines is 1. The monoisotopic (exact) mass is 164 g/mol. The Bertz CT molecular complexity index is 238. The van der Waals surface area contributed by atoms with Gasteiger partial charge in [0.1, 0.15) is 0 Å². The molecule has 0 bridgehead atoms. The molecular weight excluding hydrogens is 157 g/mol. The molecule has 0 aliphatic carbocycles. The van der Waals surface area contributed by atoms with Gasteiger partial charge in [0.2, 0.25) is 0 Å². The van der Waals surface area contributed by atoms with Crippen LogP contribution in [0.15, 0.2) is 6.20 Å². The van der Waals surface area contributed by atoms with Gasteiger partial charge in [-0.3, -0.25) is 5.10 Å². The van der Waals surface area contributed by atoms with Crippen LogP contribution in [0, 0.1) is 5.82 Å². The summed E-state index contributed by atoms with van der Waals surface area (Å²) in [4.78, 5) is 0. The number of aromatic nitrogens is 2. The summed E-state index contributed by atoms with van der Waals surface area (Å²) in [7, 11) is 0. The van der Waals surface area contributed by atoms with E-state index in [2.05, 4.69) is 10.2 Å². The van der Waals surface area contributed by atoms with E-state index in [-0.39, 0.29) is 5.69 Å². The molecule has 0 radical (unpaired) electrons. The molecule has 0 aliphatic heterocycles. The van der Waals surface area contributed by atoms with Crippen molar-refractivity contribution in [3.63, 3.8) is 0 Å². The van der Waals surface area contributed by atoms with E-state index in [1.165, 1.54) is 0 Å². The van der Waals surface area contributed by atoms with E-state index < -0.39 is 18.2 Å². The second kappa shape index (κ2) is 2.56. The van der Waals surface area contributed by atoms with Gasteiger partial charge in [-0.2, -0.15) is 5.10 Å². The molecule has 0 fully saturated rings. The standard InChI is InChI=1S/C6H7F3N2/c1-6(8,9)2-5-4(7)3-10-11-5/h3H,2H2,1H3,(H,10,11). The summed E-state index contributed by atoms with van der Waals surface area (Å²) in [6.07, 6.45) is 0.236. The Labute approximate surface area is 61.4 Å². The van der Waals surface area contributed by atoms with E-state index in [1.54, 1.807) is 0 Å². The molecule has 0 unspecified atom stereocenters. The Morgan fingerprint density at radius 1 is 1.64 bits per heavy atom. The lowest BCUT2D eigenvalue weighted by Crippen LogP contribution is -2.14. The molecule has 0 atom stereocenters. The largest absolute Gasteiger partial charge is 0.279 e. The lowest BCUT2D eigenvalue weighted by atomic mass is 10.2. The highest BCUT2D eigenvalue weighted by Gasteiger charge is 2.24. The highest BCUT2D eigenvalue weighted by molar-refractivity contribution is 5.03. The van der Waals surface area contributed by atoms with Crippen LogP contribution in [0.25, 0.3) is 0 Å². The number of hydrogen-bond donors (Lipinski definition) is 1. The molecule has 0 aliphatic rings. The number of alkyl halides is 2. The van der Waals surface area contributed by atoms with Gasteiger partial charge in [0.05, 0.1) is 18.3 Å². The first-order valence-electron chi connectivity index (χ1n) is 3.04. The minimum absolute atomic E-state index is 0.155. The molecule has 1 aromatic heterocycles. The Kier molecular flexibility index (Phi) is 1.89. The smallest absolute Gasteiger partial charge is 0.251 e. The van der Waals surface area contributed by atoms with Gasteiger partial charge in [-0.05, 0) is 6.92 Å². The van der Waals surface area contributed by atoms with Gasteiger partial charge in [0.25, 0.3) is 5.92 Å². The quantitative estimate of drug-likeness (QED) is 0.708. The maximum atomic E-state index is 12.5. The maximum absolute atomic E-state index is 12.5. The number of halogens is 3. The minimum Gasteiger partial charge on any atom is -0.279 e. The Balaban J connectivity index is 2.72. The Hall–Kier alpha value is -1.00. The number of hydrogen-bond acceptors (Lipinski definition) is 1. The van der Waals surface area contributed by atoms with Crippen LogP contribution in [0.1, 0.15) is 12.6 Å². The van der Waals surface area contributed by atoms with E-state index in [0.717, 1.165) is 13.1 Å². The molecule has 1 heterocycles. The average Bonchev–Trinajstić information content (AvgIpc) is 2.12. The Morgan fingerprint density at radius 3 is 2.64 bits per heavy atom. The third-order valence-corrected chi connectivity index (χ3v) is 1.15. The van der Waals surface area contributed by atoms with Crippen LogP contribution in [-0.2, 0) is 6.42 Å². The highest BCUT2D eigenvalue weighted by atomic mass is 19.3. The normalized spacial score (nSPS) is 12.0. The molecule has 0 aromatic carbocycles. The molecule has 0 amide bonds. The van der Waals surface area contributed by atoms with Crippen molar-refractivity contribution >= 4 is 0 Å². The van der Waals surface area contributed by atoms with Crippen molar-refractivity contribution in [2.45, 2.75) is 19.3 Å². The molecule has 0 spiro atoms. The summed E-state index contributed by atoms with van der Waals surface area (Å²) >= 11 is 0. The van der Waals surface area contributed by atoms with Crippen molar-refractivity contribution in [2.24, 2.45) is 0 Å². The minimum atomic E-state index is -2.90. The summed E-state index contributed by atoms with van der Waals surface area (Å²) in [5.74, 6) is -3.61. The summed E-state index contributed by atoms with van der Waals surface area (Å²) in [6, 6.07) is 0. The predicted molar refractivity (Wildman–Crippen MR) is 32.9 cm³/mol. The number of nitrogens with zero attached hydrogens (tertiary/aromatic N) is 1. The lowest BCUT2D eigenvalue weighted by molar-refractivity contribution is 0.0208. The number of nitrogens with one attached hydrogen (secondary N) is 1. The van der Waals surface area contributed by atoms with E-state index in [0.29, 0.717) is 0 Å². The van der Waals surface area contributed by atoms with Gasteiger partial charge in [0.15, 0.2) is 5.82 Å². The van der Waals surface area contributed by atoms with Crippen LogP contribution >= 0.6 is 0 Å². The summed E-state index contributed by atoms with van der Waals surface area (Å²) in [5.41, 5.74) is -0.155. The summed E-state index contributed by atoms with van der Waals surface area (Å²) in [6.45, 7) is 0.729. The fraction of sp³-hybridized carbons (Fsp3) is 0.500. The zero-order valence-corrected chi connectivity index (χ0v) is 5.87. The molecule has 1 N–H and O–H groups in total. The zero-order chi connectivity index (χ0) is 8.48. The van der Waals surface area contributed by atoms with Crippen LogP contribution in [-0.4, -0.2) is 16.1 Å². The third kappa shape index (κ3) is 2.25. The number of H-pyrrole nitrogens is 1. The second-order valence-electron chi connectivity index (χ2n) is 2.44. The molecule has 11 heavy (non-hydrogen) atoms. The Morgan fingerprint density at radius 2 is 2.27 bits per heavy atom. The van der Waals surface area contributed by atoms with Crippen molar-refractivity contribution in [1.29, 1.82) is 0 Å². The molecule has 0 saturated carbocycles. The van der Waals surface area contributed by atoms with E-state index in [4.69, 9.17) is 0 Å². The summed E-state index contributed by atoms with van der Waals surface area (Å²) in [5, 5.41) is 5.43. The first-order valence-corrected chi connectivity index (χ1v) is 3.04. The molecule has 0 saturated heterocycles. The molecule has 1 aromatic rings. The zero-order valence-electron chi connectivity index (χ0n) is 5.87. The van der Waals surface area contributed by atoms with Gasteiger partial charge >= 0.3 is 0 Å². The first-order chi connectivity index (χ1) is 4.99. The van der Waals surface area contributed by atoms with Crippen molar-refractivity contribution in [2.75, 3.05) is 0 Å². The van der Waals surface area contributed by atoms with Crippen LogP contribution in [0.3, 0.4) is 0 Å². The number of rotatable bonds is 2. The van der Waals surface area contributed by atoms with Crippen molar-refractivity contribution in [3.8, 4) is 0 Å². The fourth-order valence-corrected chi connectivity index (χ4v) is 0.733. The van der Waals surface area contributed by atoms with Gasteiger partial charge in [-0.1, -0.05) is 0 Å². The topological polar surface area (TPSA) is 28.7 Å². The van der Waals surface area contributed by atoms with E-state index >= 15 is 0 Å². The van der Waals surface area contributed by atoms with E-state index in [1.807, 2.05) is 0 Å². The van der Waals surface area contributed by atoms with Crippen LogP contribution in [0.5, 0.6) is 0 Å². The van der Waals surface area contributed by atoms with Gasteiger partial charge in [-0.15, -0.1) is 0 Å². The maximum Gasteiger partial charge on any atom is 0.251 e. The molecule has 5 heteroatoms. The van der Waals surface area contributed by atoms with Crippen molar-refractivity contribution < 1.29 is 13.2 Å². The average molecular weight is 164 g/mol. The van der Waals surface area contributed by atoms with Crippen LogP contribution in [0.2, 0.25) is 0 Å². The second-order valence-corrected chi connectivity index (χ2v) is 2.44. The van der Waals surface area contributed by atoms with Gasteiger partial charge in [0, 0.05) is 0 Å². The van der Waals surface area contributed by atoms with Crippen molar-refractivity contribution in [3.05, 3.63) is 17.7 Å². The SMILES string of the molecule is CC(F)(F)Cc1[nH]ncc1F. The van der Waals surface area contributed by atoms with Crippen LogP contribution in [0.4, 0.5) is 13.2 Å². The summed E-state index contributed by atoms with van der Waals surface area (Å²) < 4.78 is 37.0. The predicted octanol–water partition coefficient (Wildman–Crippen LogP) is 1.75. The fourth-order valence-electron chi connectivity index (χ4n) is 0.733. The van der Waals surface area contributed by atoms with Gasteiger partial charge in [-0.25, -0.2) is 13.2 Å². The third-order valence-electron chi connectivity index (χ3n) is 1.15. The molecule has 62 valence electrons. The molecule has 1 rings (SSSR count). The van der Waals surface area contributed by atoms with E-state index in [9.17, 15) is 13.2 Å². The van der Waals surface area contributed by atoms with Crippen LogP contribution < -0.4 is 0 Å². The highest BCUT2D eigenvalue weighted by Crippen LogP contribution is 2.18. The molecule has 2 nitrogen and oxygen atoms in total. The van der Waals surface area contributed by atoms with Crippen molar-refractivity contribution in [1.82, 2.24) is 10.2 Å². The van der Waals surface area contributed by atoms with Gasteiger partial charge < -0.3 is 0 Å². The first kappa shape index (κ1) is 8.10. The molecular formula is C6H7F3N2.